The maximum absolute atomic E-state index is 13.4. The predicted molar refractivity (Wildman–Crippen MR) is 91.4 cm³/mol. The van der Waals surface area contributed by atoms with Crippen molar-refractivity contribution >= 4 is 0 Å². The quantitative estimate of drug-likeness (QED) is 0.537. The highest BCUT2D eigenvalue weighted by Crippen LogP contribution is 2.38. The molecule has 3 rings (SSSR count). The second kappa shape index (κ2) is 7.42. The summed E-state index contributed by atoms with van der Waals surface area (Å²) < 4.78 is 47.6. The Labute approximate surface area is 143 Å². The smallest absolute Gasteiger partial charge is 0.194 e. The largest absolute Gasteiger partial charge is 0.204 e. The molecule has 0 aliphatic heterocycles. The Morgan fingerprint density at radius 1 is 0.917 bits per heavy atom. The molecule has 1 aliphatic rings. The summed E-state index contributed by atoms with van der Waals surface area (Å²) in [4.78, 5) is 0. The second-order valence-electron chi connectivity index (χ2n) is 6.74. The summed E-state index contributed by atoms with van der Waals surface area (Å²) in [7, 11) is 0. The molecule has 1 aliphatic carbocycles. The van der Waals surface area contributed by atoms with Gasteiger partial charge in [-0.2, -0.15) is 0 Å². The van der Waals surface area contributed by atoms with Gasteiger partial charge in [-0.1, -0.05) is 44.0 Å². The van der Waals surface area contributed by atoms with Crippen LogP contribution in [0, 0.1) is 23.4 Å². The molecule has 3 heteroatoms. The SMILES string of the molecule is [2H]C(C)CC1CCC(c2ccc(-c3cc(F)c(F)c(F)c3)cc2)CC1. The van der Waals surface area contributed by atoms with Crippen LogP contribution in [0.5, 0.6) is 0 Å². The first-order valence-corrected chi connectivity index (χ1v) is 8.61. The summed E-state index contributed by atoms with van der Waals surface area (Å²) in [5, 5.41) is 0. The molecule has 0 radical (unpaired) electrons. The van der Waals surface area contributed by atoms with Crippen molar-refractivity contribution in [3.63, 3.8) is 0 Å². The van der Waals surface area contributed by atoms with Crippen LogP contribution in [0.25, 0.3) is 11.1 Å². The van der Waals surface area contributed by atoms with Crippen LogP contribution in [0.3, 0.4) is 0 Å². The van der Waals surface area contributed by atoms with E-state index in [1.165, 1.54) is 5.56 Å². The predicted octanol–water partition coefficient (Wildman–Crippen LogP) is 6.84. The van der Waals surface area contributed by atoms with Crippen LogP contribution in [0.1, 0.15) is 58.3 Å². The summed E-state index contributed by atoms with van der Waals surface area (Å²) >= 11 is 0. The monoisotopic (exact) mass is 333 g/mol. The van der Waals surface area contributed by atoms with E-state index in [-0.39, 0.29) is 6.40 Å². The van der Waals surface area contributed by atoms with Gasteiger partial charge in [0, 0.05) is 1.37 Å². The van der Waals surface area contributed by atoms with Gasteiger partial charge in [0.2, 0.25) is 0 Å². The molecular weight excluding hydrogens is 309 g/mol. The Hall–Kier alpha value is -1.77. The fourth-order valence-electron chi connectivity index (χ4n) is 3.73. The zero-order valence-corrected chi connectivity index (χ0v) is 13.9. The molecular formula is C21H23F3. The van der Waals surface area contributed by atoms with E-state index in [2.05, 4.69) is 0 Å². The first-order valence-electron chi connectivity index (χ1n) is 9.19. The lowest BCUT2D eigenvalue weighted by atomic mass is 9.77. The number of benzene rings is 2. The zero-order chi connectivity index (χ0) is 18.0. The van der Waals surface area contributed by atoms with Crippen molar-refractivity contribution in [1.82, 2.24) is 0 Å². The van der Waals surface area contributed by atoms with Crippen molar-refractivity contribution in [1.29, 1.82) is 0 Å². The van der Waals surface area contributed by atoms with E-state index in [1.54, 1.807) is 0 Å². The van der Waals surface area contributed by atoms with E-state index in [9.17, 15) is 13.2 Å². The van der Waals surface area contributed by atoms with E-state index in [0.29, 0.717) is 23.0 Å². The van der Waals surface area contributed by atoms with Gasteiger partial charge in [-0.3, -0.25) is 0 Å². The van der Waals surface area contributed by atoms with E-state index >= 15 is 0 Å². The van der Waals surface area contributed by atoms with Crippen LogP contribution in [0.15, 0.2) is 36.4 Å². The highest BCUT2D eigenvalue weighted by atomic mass is 19.2. The molecule has 128 valence electrons. The Kier molecular flexibility index (Phi) is 4.86. The van der Waals surface area contributed by atoms with Crippen molar-refractivity contribution in [3.05, 3.63) is 59.4 Å². The molecule has 0 saturated heterocycles. The molecule has 1 atom stereocenters. The van der Waals surface area contributed by atoms with Crippen molar-refractivity contribution in [3.8, 4) is 11.1 Å². The standard InChI is InChI=1S/C21H23F3/c1-2-3-14-4-6-15(7-5-14)16-8-10-17(11-9-16)18-12-19(22)21(24)20(23)13-18/h8-15H,2-7H2,1H3/i2D. The first-order chi connectivity index (χ1) is 11.9. The van der Waals surface area contributed by atoms with Gasteiger partial charge in [0.05, 0.1) is 0 Å². The van der Waals surface area contributed by atoms with Crippen molar-refractivity contribution in [2.24, 2.45) is 5.92 Å². The van der Waals surface area contributed by atoms with Crippen LogP contribution in [0.4, 0.5) is 13.2 Å². The van der Waals surface area contributed by atoms with E-state index < -0.39 is 17.5 Å². The van der Waals surface area contributed by atoms with Gasteiger partial charge in [-0.05, 0) is 66.3 Å². The average Bonchev–Trinajstić information content (AvgIpc) is 2.59. The number of hydrogen-bond acceptors (Lipinski definition) is 0. The molecule has 2 aromatic rings. The van der Waals surface area contributed by atoms with Crippen molar-refractivity contribution in [2.45, 2.75) is 51.3 Å². The molecule has 0 bridgehead atoms. The Morgan fingerprint density at radius 3 is 2.04 bits per heavy atom. The number of hydrogen-bond donors (Lipinski definition) is 0. The second-order valence-corrected chi connectivity index (χ2v) is 6.74. The summed E-state index contributed by atoms with van der Waals surface area (Å²) in [6.07, 6.45) is 5.55. The maximum Gasteiger partial charge on any atom is 0.194 e. The Bertz CT molecular complexity index is 693. The van der Waals surface area contributed by atoms with Crippen LogP contribution in [-0.4, -0.2) is 0 Å². The van der Waals surface area contributed by atoms with E-state index in [0.717, 1.165) is 44.2 Å². The number of halogens is 3. The third-order valence-corrected chi connectivity index (χ3v) is 5.12. The highest BCUT2D eigenvalue weighted by Gasteiger charge is 2.21. The fraction of sp³-hybridized carbons (Fsp3) is 0.429. The summed E-state index contributed by atoms with van der Waals surface area (Å²) in [5.74, 6) is -2.60. The summed E-state index contributed by atoms with van der Waals surface area (Å²) in [6.45, 7) is 1.95. The lowest BCUT2D eigenvalue weighted by Crippen LogP contribution is -2.13. The van der Waals surface area contributed by atoms with Gasteiger partial charge in [0.25, 0.3) is 0 Å². The third kappa shape index (κ3) is 3.66. The molecule has 0 N–H and O–H groups in total. The molecule has 0 nitrogen and oxygen atoms in total. The summed E-state index contributed by atoms with van der Waals surface area (Å²) in [5.41, 5.74) is 2.26. The Morgan fingerprint density at radius 2 is 1.50 bits per heavy atom. The van der Waals surface area contributed by atoms with E-state index in [4.69, 9.17) is 1.37 Å². The van der Waals surface area contributed by atoms with Gasteiger partial charge in [0.15, 0.2) is 17.5 Å². The van der Waals surface area contributed by atoms with Gasteiger partial charge in [0.1, 0.15) is 0 Å². The molecule has 0 heterocycles. The van der Waals surface area contributed by atoms with Gasteiger partial charge >= 0.3 is 0 Å². The van der Waals surface area contributed by atoms with E-state index in [1.807, 2.05) is 31.2 Å². The molecule has 0 amide bonds. The average molecular weight is 333 g/mol. The summed E-state index contributed by atoms with van der Waals surface area (Å²) in [6, 6.07) is 9.76. The molecule has 1 fully saturated rings. The van der Waals surface area contributed by atoms with Crippen molar-refractivity contribution in [2.75, 3.05) is 0 Å². The van der Waals surface area contributed by atoms with Crippen LogP contribution in [-0.2, 0) is 0 Å². The van der Waals surface area contributed by atoms with Crippen molar-refractivity contribution < 1.29 is 14.5 Å². The van der Waals surface area contributed by atoms with Crippen LogP contribution in [0.2, 0.25) is 0 Å². The molecule has 24 heavy (non-hydrogen) atoms. The normalized spacial score (nSPS) is 22.9. The molecule has 0 spiro atoms. The van der Waals surface area contributed by atoms with Crippen LogP contribution < -0.4 is 0 Å². The first kappa shape index (κ1) is 15.7. The van der Waals surface area contributed by atoms with Gasteiger partial charge in [-0.25, -0.2) is 13.2 Å². The fourth-order valence-corrected chi connectivity index (χ4v) is 3.73. The minimum atomic E-state index is -1.43. The third-order valence-electron chi connectivity index (χ3n) is 5.12. The number of rotatable bonds is 4. The lowest BCUT2D eigenvalue weighted by molar-refractivity contribution is 0.308. The molecule has 1 saturated carbocycles. The zero-order valence-electron chi connectivity index (χ0n) is 14.9. The minimum Gasteiger partial charge on any atom is -0.204 e. The topological polar surface area (TPSA) is 0 Å². The lowest BCUT2D eigenvalue weighted by Gasteiger charge is -2.28. The maximum atomic E-state index is 13.4. The Balaban J connectivity index is 1.69. The molecule has 1 unspecified atom stereocenters. The highest BCUT2D eigenvalue weighted by molar-refractivity contribution is 5.64. The van der Waals surface area contributed by atoms with Gasteiger partial charge in [-0.15, -0.1) is 0 Å². The van der Waals surface area contributed by atoms with Gasteiger partial charge < -0.3 is 0 Å². The van der Waals surface area contributed by atoms with Crippen LogP contribution >= 0.6 is 0 Å². The molecule has 2 aromatic carbocycles. The molecule has 0 aromatic heterocycles. The minimum absolute atomic E-state index is 0.0114.